The summed E-state index contributed by atoms with van der Waals surface area (Å²) in [6, 6.07) is -0.132. The monoisotopic (exact) mass is 314 g/mol. The Labute approximate surface area is 125 Å². The van der Waals surface area contributed by atoms with Gasteiger partial charge in [0, 0.05) is 25.8 Å². The van der Waals surface area contributed by atoms with Crippen molar-refractivity contribution in [3.05, 3.63) is 12.4 Å². The number of hydrogen-bond donors (Lipinski definition) is 2. The van der Waals surface area contributed by atoms with Gasteiger partial charge in [0.05, 0.1) is 12.4 Å². The molecular weight excluding hydrogens is 292 g/mol. The molecule has 1 fully saturated rings. The van der Waals surface area contributed by atoms with Crippen molar-refractivity contribution in [3.63, 3.8) is 0 Å². The molecular formula is C13H22N4O3S. The summed E-state index contributed by atoms with van der Waals surface area (Å²) in [4.78, 5) is 8.07. The predicted molar refractivity (Wildman–Crippen MR) is 79.5 cm³/mol. The van der Waals surface area contributed by atoms with E-state index in [-0.39, 0.29) is 10.9 Å². The second-order valence-electron chi connectivity index (χ2n) is 5.13. The van der Waals surface area contributed by atoms with Gasteiger partial charge in [-0.15, -0.1) is 0 Å². The number of sulfonamides is 1. The zero-order valence-corrected chi connectivity index (χ0v) is 13.2. The molecule has 2 N–H and O–H groups in total. The largest absolute Gasteiger partial charge is 0.381 e. The van der Waals surface area contributed by atoms with Crippen LogP contribution in [0.4, 0.5) is 5.95 Å². The zero-order chi connectivity index (χ0) is 15.3. The van der Waals surface area contributed by atoms with Gasteiger partial charge in [-0.3, -0.25) is 0 Å². The lowest BCUT2D eigenvalue weighted by Gasteiger charge is -2.28. The maximum atomic E-state index is 12.3. The van der Waals surface area contributed by atoms with Crippen LogP contribution in [0.2, 0.25) is 0 Å². The zero-order valence-electron chi connectivity index (χ0n) is 12.4. The summed E-state index contributed by atoms with van der Waals surface area (Å²) < 4.78 is 32.6. The molecule has 0 spiro atoms. The van der Waals surface area contributed by atoms with Crippen LogP contribution in [0.3, 0.4) is 0 Å². The minimum absolute atomic E-state index is 0.0862. The molecule has 0 aliphatic carbocycles. The van der Waals surface area contributed by atoms with Crippen molar-refractivity contribution in [1.82, 2.24) is 14.7 Å². The van der Waals surface area contributed by atoms with Crippen molar-refractivity contribution in [3.8, 4) is 0 Å². The van der Waals surface area contributed by atoms with Crippen LogP contribution < -0.4 is 10.0 Å². The highest BCUT2D eigenvalue weighted by atomic mass is 32.2. The molecule has 1 aliphatic heterocycles. The van der Waals surface area contributed by atoms with E-state index < -0.39 is 10.0 Å². The highest BCUT2D eigenvalue weighted by molar-refractivity contribution is 7.89. The summed E-state index contributed by atoms with van der Waals surface area (Å²) in [7, 11) is -3.58. The number of ether oxygens (including phenoxy) is 1. The molecule has 118 valence electrons. The Morgan fingerprint density at radius 3 is 2.52 bits per heavy atom. The number of hydrogen-bond acceptors (Lipinski definition) is 6. The average Bonchev–Trinajstić information content (AvgIpc) is 2.48. The summed E-state index contributed by atoms with van der Waals surface area (Å²) in [6.45, 7) is 5.88. The van der Waals surface area contributed by atoms with Gasteiger partial charge in [-0.25, -0.2) is 23.1 Å². The molecule has 1 aliphatic rings. The molecule has 1 atom stereocenters. The van der Waals surface area contributed by atoms with Gasteiger partial charge in [-0.05, 0) is 32.6 Å². The normalized spacial score (nSPS) is 18.4. The summed E-state index contributed by atoms with van der Waals surface area (Å²) in [5.74, 6) is 0.726. The minimum Gasteiger partial charge on any atom is -0.381 e. The van der Waals surface area contributed by atoms with Crippen LogP contribution in [0.25, 0.3) is 0 Å². The number of nitrogens with one attached hydrogen (secondary N) is 2. The second-order valence-corrected chi connectivity index (χ2v) is 6.85. The molecule has 1 saturated heterocycles. The Hall–Kier alpha value is -1.25. The lowest BCUT2D eigenvalue weighted by atomic mass is 9.94. The van der Waals surface area contributed by atoms with E-state index in [1.807, 2.05) is 13.8 Å². The molecule has 0 saturated carbocycles. The van der Waals surface area contributed by atoms with Gasteiger partial charge in [0.15, 0.2) is 0 Å². The van der Waals surface area contributed by atoms with E-state index >= 15 is 0 Å². The molecule has 1 aromatic rings. The molecule has 21 heavy (non-hydrogen) atoms. The molecule has 0 amide bonds. The topological polar surface area (TPSA) is 93.2 Å². The predicted octanol–water partition coefficient (Wildman–Crippen LogP) is 1.00. The summed E-state index contributed by atoms with van der Waals surface area (Å²) >= 11 is 0. The van der Waals surface area contributed by atoms with Crippen molar-refractivity contribution in [1.29, 1.82) is 0 Å². The summed E-state index contributed by atoms with van der Waals surface area (Å²) in [5, 5.41) is 2.93. The summed E-state index contributed by atoms with van der Waals surface area (Å²) in [6.07, 6.45) is 4.40. The first-order valence-electron chi connectivity index (χ1n) is 7.19. The second kappa shape index (κ2) is 7.15. The lowest BCUT2D eigenvalue weighted by Crippen LogP contribution is -2.40. The third-order valence-corrected chi connectivity index (χ3v) is 5.10. The van der Waals surface area contributed by atoms with Crippen LogP contribution >= 0.6 is 0 Å². The van der Waals surface area contributed by atoms with E-state index in [9.17, 15) is 8.42 Å². The van der Waals surface area contributed by atoms with Crippen molar-refractivity contribution < 1.29 is 13.2 Å². The van der Waals surface area contributed by atoms with Gasteiger partial charge >= 0.3 is 0 Å². The maximum absolute atomic E-state index is 12.3. The number of anilines is 1. The molecule has 0 aromatic carbocycles. The van der Waals surface area contributed by atoms with E-state index in [1.54, 1.807) is 0 Å². The van der Waals surface area contributed by atoms with Crippen LogP contribution in [0.5, 0.6) is 0 Å². The average molecular weight is 314 g/mol. The molecule has 1 unspecified atom stereocenters. The van der Waals surface area contributed by atoms with Crippen molar-refractivity contribution >= 4 is 16.0 Å². The highest BCUT2D eigenvalue weighted by Crippen LogP contribution is 2.20. The van der Waals surface area contributed by atoms with Gasteiger partial charge in [0.2, 0.25) is 16.0 Å². The fourth-order valence-corrected chi connectivity index (χ4v) is 3.53. The van der Waals surface area contributed by atoms with Crippen LogP contribution in [0, 0.1) is 5.92 Å². The molecule has 0 radical (unpaired) electrons. The van der Waals surface area contributed by atoms with Crippen LogP contribution in [-0.2, 0) is 14.8 Å². The Morgan fingerprint density at radius 2 is 1.95 bits per heavy atom. The van der Waals surface area contributed by atoms with Crippen molar-refractivity contribution in [2.24, 2.45) is 5.92 Å². The summed E-state index contributed by atoms with van der Waals surface area (Å²) in [5.41, 5.74) is 0. The Kier molecular flexibility index (Phi) is 5.49. The van der Waals surface area contributed by atoms with Gasteiger partial charge in [0.1, 0.15) is 4.90 Å². The van der Waals surface area contributed by atoms with Crippen LogP contribution in [-0.4, -0.2) is 44.2 Å². The number of rotatable bonds is 6. The number of aromatic nitrogens is 2. The first-order valence-corrected chi connectivity index (χ1v) is 8.67. The highest BCUT2D eigenvalue weighted by Gasteiger charge is 2.25. The van der Waals surface area contributed by atoms with E-state index in [0.717, 1.165) is 12.8 Å². The van der Waals surface area contributed by atoms with Crippen molar-refractivity contribution in [2.75, 3.05) is 25.1 Å². The smallest absolute Gasteiger partial charge is 0.243 e. The first kappa shape index (κ1) is 16.1. The third-order valence-electron chi connectivity index (χ3n) is 3.59. The number of nitrogens with zero attached hydrogens (tertiary/aromatic N) is 2. The molecule has 2 rings (SSSR count). The van der Waals surface area contributed by atoms with E-state index in [2.05, 4.69) is 20.0 Å². The minimum atomic E-state index is -3.58. The van der Waals surface area contributed by atoms with E-state index in [4.69, 9.17) is 4.74 Å². The van der Waals surface area contributed by atoms with Crippen LogP contribution in [0.15, 0.2) is 17.3 Å². The first-order chi connectivity index (χ1) is 10.0. The van der Waals surface area contributed by atoms with E-state index in [1.165, 1.54) is 12.4 Å². The van der Waals surface area contributed by atoms with Crippen LogP contribution in [0.1, 0.15) is 26.7 Å². The standard InChI is InChI=1S/C13H22N4O3S/c1-3-14-13-15-8-12(9-16-13)21(18,19)17-10(2)11-4-6-20-7-5-11/h8-11,17H,3-7H2,1-2H3,(H,14,15,16). The van der Waals surface area contributed by atoms with E-state index in [0.29, 0.717) is 31.6 Å². The molecule has 0 bridgehead atoms. The van der Waals surface area contributed by atoms with Gasteiger partial charge in [-0.2, -0.15) is 0 Å². The quantitative estimate of drug-likeness (QED) is 0.814. The van der Waals surface area contributed by atoms with Gasteiger partial charge in [0.25, 0.3) is 0 Å². The fraction of sp³-hybridized carbons (Fsp3) is 0.692. The third kappa shape index (κ3) is 4.36. The molecule has 8 heteroatoms. The van der Waals surface area contributed by atoms with Gasteiger partial charge < -0.3 is 10.1 Å². The Balaban J connectivity index is 2.03. The Morgan fingerprint density at radius 1 is 1.33 bits per heavy atom. The fourth-order valence-electron chi connectivity index (χ4n) is 2.33. The Bertz CT molecular complexity index is 541. The van der Waals surface area contributed by atoms with Gasteiger partial charge in [-0.1, -0.05) is 0 Å². The van der Waals surface area contributed by atoms with Crippen molar-refractivity contribution in [2.45, 2.75) is 37.6 Å². The lowest BCUT2D eigenvalue weighted by molar-refractivity contribution is 0.0585. The molecule has 7 nitrogen and oxygen atoms in total. The SMILES string of the molecule is CCNc1ncc(S(=O)(=O)NC(C)C2CCOCC2)cn1. The molecule has 2 heterocycles. The molecule has 1 aromatic heterocycles. The maximum Gasteiger partial charge on any atom is 0.243 e.